The van der Waals surface area contributed by atoms with Gasteiger partial charge in [-0.05, 0) is 42.5 Å². The molecule has 5 nitrogen and oxygen atoms in total. The Morgan fingerprint density at radius 3 is 2.73 bits per heavy atom. The van der Waals surface area contributed by atoms with E-state index in [2.05, 4.69) is 36.3 Å². The number of halogens is 1. The number of carbonyl (C=O) groups excluding carboxylic acids is 1. The number of aromatic nitrogens is 3. The minimum absolute atomic E-state index is 0.0455. The van der Waals surface area contributed by atoms with Crippen LogP contribution in [0, 0.1) is 5.41 Å². The summed E-state index contributed by atoms with van der Waals surface area (Å²) in [5.74, 6) is 0.580. The molecule has 0 unspecified atom stereocenters. The van der Waals surface area contributed by atoms with Crippen LogP contribution in [0.15, 0.2) is 29.4 Å². The maximum atomic E-state index is 12.2. The molecule has 7 heteroatoms. The van der Waals surface area contributed by atoms with E-state index in [1.807, 2.05) is 0 Å². The van der Waals surface area contributed by atoms with Gasteiger partial charge >= 0.3 is 0 Å². The molecule has 0 spiro atoms. The Bertz CT molecular complexity index is 870. The number of anilines is 1. The molecule has 2 bridgehead atoms. The maximum absolute atomic E-state index is 12.2. The molecule has 1 aromatic carbocycles. The molecule has 1 heterocycles. The maximum Gasteiger partial charge on any atom is 0.234 e. The zero-order chi connectivity index (χ0) is 18.5. The minimum atomic E-state index is -0.102. The Hall–Kier alpha value is -1.66. The third-order valence-corrected chi connectivity index (χ3v) is 7.32. The number of hydrogen-bond acceptors (Lipinski definition) is 5. The Morgan fingerprint density at radius 1 is 1.27 bits per heavy atom. The Labute approximate surface area is 162 Å². The summed E-state index contributed by atoms with van der Waals surface area (Å²) in [7, 11) is 0. The van der Waals surface area contributed by atoms with E-state index in [0.29, 0.717) is 16.1 Å². The van der Waals surface area contributed by atoms with Crippen molar-refractivity contribution in [1.29, 1.82) is 0 Å². The highest BCUT2D eigenvalue weighted by Gasteiger charge is 2.61. The van der Waals surface area contributed by atoms with Crippen LogP contribution in [0.25, 0.3) is 0 Å². The van der Waals surface area contributed by atoms with Crippen molar-refractivity contribution in [2.24, 2.45) is 5.41 Å². The number of nitrogens with zero attached hydrogens (tertiary/aromatic N) is 3. The van der Waals surface area contributed by atoms with E-state index >= 15 is 0 Å². The average molecular weight is 389 g/mol. The third kappa shape index (κ3) is 2.70. The Kier molecular flexibility index (Phi) is 4.23. The summed E-state index contributed by atoms with van der Waals surface area (Å²) in [4.78, 5) is 16.9. The second-order valence-electron chi connectivity index (χ2n) is 7.82. The van der Waals surface area contributed by atoms with Crippen LogP contribution >= 0.6 is 23.4 Å². The van der Waals surface area contributed by atoms with E-state index in [1.54, 1.807) is 24.3 Å². The number of nitrogens with one attached hydrogen (secondary N) is 1. The highest BCUT2D eigenvalue weighted by Crippen LogP contribution is 2.66. The van der Waals surface area contributed by atoms with Crippen LogP contribution in [0.3, 0.4) is 0 Å². The fourth-order valence-electron chi connectivity index (χ4n) is 4.28. The molecule has 0 saturated heterocycles. The molecular weight excluding hydrogens is 368 g/mol. The summed E-state index contributed by atoms with van der Waals surface area (Å²) in [6.07, 6.45) is 2.29. The molecule has 2 atom stereocenters. The van der Waals surface area contributed by atoms with Gasteiger partial charge in [-0.1, -0.05) is 44.1 Å². The van der Waals surface area contributed by atoms with Crippen LogP contribution in [-0.2, 0) is 10.2 Å². The predicted octanol–water partition coefficient (Wildman–Crippen LogP) is 4.43. The largest absolute Gasteiger partial charge is 0.325 e. The molecule has 2 aliphatic carbocycles. The van der Waals surface area contributed by atoms with Gasteiger partial charge in [-0.3, -0.25) is 4.79 Å². The first-order valence-electron chi connectivity index (χ1n) is 8.74. The van der Waals surface area contributed by atoms with Gasteiger partial charge in [-0.25, -0.2) is 4.98 Å². The molecule has 1 aromatic heterocycles. The van der Waals surface area contributed by atoms with Crippen molar-refractivity contribution in [1.82, 2.24) is 15.2 Å². The lowest BCUT2D eigenvalue weighted by molar-refractivity contribution is -0.113. The smallest absolute Gasteiger partial charge is 0.234 e. The predicted molar refractivity (Wildman–Crippen MR) is 104 cm³/mol. The monoisotopic (exact) mass is 388 g/mol. The first-order valence-corrected chi connectivity index (χ1v) is 10.1. The first-order chi connectivity index (χ1) is 12.3. The third-order valence-electron chi connectivity index (χ3n) is 6.23. The van der Waals surface area contributed by atoms with Crippen molar-refractivity contribution in [3.8, 4) is 0 Å². The zero-order valence-electron chi connectivity index (χ0n) is 15.0. The summed E-state index contributed by atoms with van der Waals surface area (Å²) in [5, 5.41) is 12.8. The second-order valence-corrected chi connectivity index (χ2v) is 9.20. The van der Waals surface area contributed by atoms with Crippen molar-refractivity contribution < 1.29 is 4.79 Å². The van der Waals surface area contributed by atoms with Gasteiger partial charge in [0.05, 0.1) is 17.1 Å². The fourth-order valence-corrected chi connectivity index (χ4v) is 5.00. The Balaban J connectivity index is 1.45. The van der Waals surface area contributed by atoms with Crippen molar-refractivity contribution >= 4 is 35.0 Å². The van der Waals surface area contributed by atoms with Crippen LogP contribution in [0.5, 0.6) is 0 Å². The molecule has 4 rings (SSSR count). The average Bonchev–Trinajstić information content (AvgIpc) is 2.94. The van der Waals surface area contributed by atoms with Gasteiger partial charge in [0.1, 0.15) is 0 Å². The molecule has 1 N–H and O–H groups in total. The number of benzene rings is 1. The summed E-state index contributed by atoms with van der Waals surface area (Å²) in [5.41, 5.74) is 3.06. The number of thioether (sulfide) groups is 1. The van der Waals surface area contributed by atoms with Gasteiger partial charge in [0, 0.05) is 22.0 Å². The zero-order valence-corrected chi connectivity index (χ0v) is 16.6. The molecule has 26 heavy (non-hydrogen) atoms. The number of hydrogen-bond donors (Lipinski definition) is 1. The van der Waals surface area contributed by atoms with Gasteiger partial charge < -0.3 is 5.32 Å². The summed E-state index contributed by atoms with van der Waals surface area (Å²) in [6.45, 7) is 6.90. The minimum Gasteiger partial charge on any atom is -0.325 e. The van der Waals surface area contributed by atoms with E-state index < -0.39 is 0 Å². The SMILES string of the molecule is CC1(C)[C@H]2CC[C@]1(C)c1nc(SCC(=O)Nc3ccc(Cl)cc3)nnc12. The van der Waals surface area contributed by atoms with Gasteiger partial charge in [-0.2, -0.15) is 5.10 Å². The van der Waals surface area contributed by atoms with E-state index in [-0.39, 0.29) is 22.5 Å². The van der Waals surface area contributed by atoms with E-state index in [1.165, 1.54) is 11.8 Å². The topological polar surface area (TPSA) is 67.8 Å². The van der Waals surface area contributed by atoms with Crippen LogP contribution in [-0.4, -0.2) is 26.8 Å². The molecule has 136 valence electrons. The number of rotatable bonds is 4. The number of carbonyl (C=O) groups is 1. The van der Waals surface area contributed by atoms with Crippen molar-refractivity contribution in [2.45, 2.75) is 50.1 Å². The van der Waals surface area contributed by atoms with E-state index in [9.17, 15) is 4.79 Å². The standard InChI is InChI=1S/C19H21ClN4OS/c1-18(2)13-8-9-19(18,3)16-15(13)23-24-17(22-16)26-10-14(25)21-12-6-4-11(20)5-7-12/h4-7,13H,8-10H2,1-3H3,(H,21,25)/t13-,19+/m0/s1. The first kappa shape index (κ1) is 17.7. The molecule has 2 aliphatic rings. The van der Waals surface area contributed by atoms with E-state index in [4.69, 9.17) is 16.6 Å². The van der Waals surface area contributed by atoms with Gasteiger partial charge in [0.15, 0.2) is 0 Å². The lowest BCUT2D eigenvalue weighted by Gasteiger charge is -2.33. The fraction of sp³-hybridized carbons (Fsp3) is 0.474. The normalized spacial score (nSPS) is 25.2. The van der Waals surface area contributed by atoms with Crippen LogP contribution in [0.2, 0.25) is 5.02 Å². The second kappa shape index (κ2) is 6.20. The van der Waals surface area contributed by atoms with E-state index in [0.717, 1.165) is 29.9 Å². The van der Waals surface area contributed by atoms with Crippen molar-refractivity contribution in [3.63, 3.8) is 0 Å². The molecule has 0 aliphatic heterocycles. The molecule has 1 saturated carbocycles. The molecule has 1 fully saturated rings. The summed E-state index contributed by atoms with van der Waals surface area (Å²) >= 11 is 7.17. The number of fused-ring (bicyclic) bond motifs is 5. The molecule has 1 amide bonds. The van der Waals surface area contributed by atoms with Gasteiger partial charge in [0.25, 0.3) is 0 Å². The van der Waals surface area contributed by atoms with Gasteiger partial charge in [-0.15, -0.1) is 5.10 Å². The van der Waals surface area contributed by atoms with Crippen molar-refractivity contribution in [3.05, 3.63) is 40.7 Å². The highest BCUT2D eigenvalue weighted by molar-refractivity contribution is 7.99. The highest BCUT2D eigenvalue weighted by atomic mass is 35.5. The van der Waals surface area contributed by atoms with Crippen LogP contribution < -0.4 is 5.32 Å². The summed E-state index contributed by atoms with van der Waals surface area (Å²) in [6, 6.07) is 7.04. The van der Waals surface area contributed by atoms with Crippen molar-refractivity contribution in [2.75, 3.05) is 11.1 Å². The van der Waals surface area contributed by atoms with Crippen LogP contribution in [0.1, 0.15) is 50.9 Å². The lowest BCUT2D eigenvalue weighted by atomic mass is 9.70. The van der Waals surface area contributed by atoms with Crippen LogP contribution in [0.4, 0.5) is 5.69 Å². The molecule has 0 radical (unpaired) electrons. The van der Waals surface area contributed by atoms with Gasteiger partial charge in [0.2, 0.25) is 11.1 Å². The Morgan fingerprint density at radius 2 is 2.00 bits per heavy atom. The summed E-state index contributed by atoms with van der Waals surface area (Å²) < 4.78 is 0. The number of amides is 1. The molecule has 2 aromatic rings. The molecular formula is C19H21ClN4OS. The quantitative estimate of drug-likeness (QED) is 0.784. The lowest BCUT2D eigenvalue weighted by Crippen LogP contribution is -2.32.